The third-order valence-electron chi connectivity index (χ3n) is 2.35. The van der Waals surface area contributed by atoms with E-state index in [1.807, 2.05) is 12.1 Å². The molecule has 0 aliphatic carbocycles. The summed E-state index contributed by atoms with van der Waals surface area (Å²) in [7, 11) is 0. The molecule has 0 bridgehead atoms. The van der Waals surface area contributed by atoms with Gasteiger partial charge in [0.2, 0.25) is 0 Å². The molecule has 14 heavy (non-hydrogen) atoms. The zero-order chi connectivity index (χ0) is 10.3. The number of hydrogen-bond donors (Lipinski definition) is 0. The summed E-state index contributed by atoms with van der Waals surface area (Å²) in [5, 5.41) is 1.69. The molecule has 0 aromatic heterocycles. The van der Waals surface area contributed by atoms with Gasteiger partial charge in [0.25, 0.3) is 0 Å². The van der Waals surface area contributed by atoms with Crippen LogP contribution >= 0.6 is 0 Å². The highest BCUT2D eigenvalue weighted by molar-refractivity contribution is 5.91. The van der Waals surface area contributed by atoms with Crippen molar-refractivity contribution in [2.24, 2.45) is 0 Å². The molecule has 0 amide bonds. The van der Waals surface area contributed by atoms with E-state index >= 15 is 0 Å². The summed E-state index contributed by atoms with van der Waals surface area (Å²) in [5.74, 6) is 0. The average molecular weight is 176 g/mol. The summed E-state index contributed by atoms with van der Waals surface area (Å²) >= 11 is 0. The first-order valence-electron chi connectivity index (χ1n) is 4.23. The molecule has 0 atom stereocenters. The highest BCUT2D eigenvalue weighted by Crippen LogP contribution is 2.25. The van der Waals surface area contributed by atoms with Gasteiger partial charge in [-0.1, -0.05) is 24.3 Å². The van der Waals surface area contributed by atoms with E-state index in [0.717, 1.165) is 10.8 Å². The Bertz CT molecular complexity index is 446. The Morgan fingerprint density at radius 2 is 0.929 bits per heavy atom. The lowest BCUT2D eigenvalue weighted by atomic mass is 9.95. The second kappa shape index (κ2) is 3.13. The highest BCUT2D eigenvalue weighted by atomic mass is 14.1. The largest absolute Gasteiger partial charge is 0.0578 e. The topological polar surface area (TPSA) is 0 Å². The summed E-state index contributed by atoms with van der Waals surface area (Å²) in [6, 6.07) is 7.11. The Labute approximate surface area is 85.6 Å². The van der Waals surface area contributed by atoms with Gasteiger partial charge in [0.1, 0.15) is 0 Å². The summed E-state index contributed by atoms with van der Waals surface area (Å²) in [6.45, 7) is 23.0. The minimum atomic E-state index is 0.550. The van der Waals surface area contributed by atoms with Crippen molar-refractivity contribution in [3.05, 3.63) is 74.2 Å². The van der Waals surface area contributed by atoms with E-state index < -0.39 is 0 Å². The van der Waals surface area contributed by atoms with Crippen molar-refractivity contribution in [3.63, 3.8) is 0 Å². The van der Waals surface area contributed by atoms with Crippen LogP contribution in [0, 0.1) is 27.7 Å². The molecule has 0 heterocycles. The third-order valence-corrected chi connectivity index (χ3v) is 2.35. The molecule has 0 spiro atoms. The van der Waals surface area contributed by atoms with Crippen LogP contribution < -0.4 is 0 Å². The van der Waals surface area contributed by atoms with Gasteiger partial charge < -0.3 is 0 Å². The molecule has 0 saturated carbocycles. The Hall–Kier alpha value is -1.30. The minimum Gasteiger partial charge on any atom is -0.0578 e. The van der Waals surface area contributed by atoms with Gasteiger partial charge in [-0.05, 0) is 60.7 Å². The SMILES string of the molecule is [CH]c1ccc2c([CH])c([CH])ccc2c1[CH]. The third kappa shape index (κ3) is 1.22. The highest BCUT2D eigenvalue weighted by Gasteiger charge is 2.04. The van der Waals surface area contributed by atoms with Crippen LogP contribution in [-0.4, -0.2) is 0 Å². The van der Waals surface area contributed by atoms with E-state index in [1.54, 1.807) is 12.1 Å². The molecule has 0 N–H and O–H groups in total. The zero-order valence-electron chi connectivity index (χ0n) is 7.62. The maximum atomic E-state index is 5.82. The first kappa shape index (κ1) is 9.26. The smallest absolute Gasteiger partial charge is 0.000239 e. The standard InChI is InChI=1S/C14H8/c1-9-5-7-14-12(4)10(2)6-8-13(14)11(9)3/h1-8H. The molecule has 8 radical (unpaired) electrons. The van der Waals surface area contributed by atoms with Gasteiger partial charge >= 0.3 is 0 Å². The number of fused-ring (bicyclic) bond motifs is 1. The molecule has 2 rings (SSSR count). The molecule has 0 nitrogen and oxygen atoms in total. The van der Waals surface area contributed by atoms with E-state index in [4.69, 9.17) is 27.7 Å². The lowest BCUT2D eigenvalue weighted by Gasteiger charge is -2.09. The van der Waals surface area contributed by atoms with Crippen LogP contribution in [0.4, 0.5) is 0 Å². The minimum absolute atomic E-state index is 0.550. The number of hydrogen-bond acceptors (Lipinski definition) is 0. The fourth-order valence-electron chi connectivity index (χ4n) is 1.49. The summed E-state index contributed by atoms with van der Waals surface area (Å²) in [5.41, 5.74) is 2.21. The van der Waals surface area contributed by atoms with Crippen molar-refractivity contribution in [3.8, 4) is 0 Å². The second-order valence-electron chi connectivity index (χ2n) is 3.23. The van der Waals surface area contributed by atoms with Gasteiger partial charge in [-0.15, -0.1) is 0 Å². The lowest BCUT2D eigenvalue weighted by molar-refractivity contribution is 1.54. The van der Waals surface area contributed by atoms with Crippen LogP contribution in [0.15, 0.2) is 24.3 Å². The predicted molar refractivity (Wildman–Crippen MR) is 57.6 cm³/mol. The van der Waals surface area contributed by atoms with Crippen molar-refractivity contribution < 1.29 is 0 Å². The average Bonchev–Trinajstić information content (AvgIpc) is 2.17. The molecule has 0 aliphatic rings. The summed E-state index contributed by atoms with van der Waals surface area (Å²) < 4.78 is 0. The van der Waals surface area contributed by atoms with Crippen LogP contribution in [0.3, 0.4) is 0 Å². The zero-order valence-corrected chi connectivity index (χ0v) is 7.62. The molecule has 0 heteroatoms. The summed E-state index contributed by atoms with van der Waals surface area (Å²) in [6.07, 6.45) is 0. The van der Waals surface area contributed by atoms with Crippen LogP contribution in [0.1, 0.15) is 22.3 Å². The monoisotopic (exact) mass is 176 g/mol. The fraction of sp³-hybridized carbons (Fsp3) is 0. The van der Waals surface area contributed by atoms with Gasteiger partial charge in [-0.2, -0.15) is 0 Å². The normalized spacial score (nSPS) is 10.9. The Morgan fingerprint density at radius 3 is 1.29 bits per heavy atom. The maximum absolute atomic E-state index is 5.82. The van der Waals surface area contributed by atoms with Gasteiger partial charge in [0.05, 0.1) is 0 Å². The van der Waals surface area contributed by atoms with E-state index in [0.29, 0.717) is 22.3 Å². The van der Waals surface area contributed by atoms with Crippen molar-refractivity contribution in [1.82, 2.24) is 0 Å². The van der Waals surface area contributed by atoms with Crippen molar-refractivity contribution in [1.29, 1.82) is 0 Å². The molecule has 2 aromatic carbocycles. The molecule has 0 saturated heterocycles. The molecule has 0 unspecified atom stereocenters. The first-order valence-corrected chi connectivity index (χ1v) is 4.23. The van der Waals surface area contributed by atoms with Crippen LogP contribution in [0.25, 0.3) is 10.8 Å². The molecule has 2 aromatic rings. The molecular weight excluding hydrogens is 168 g/mol. The Morgan fingerprint density at radius 1 is 0.571 bits per heavy atom. The second-order valence-corrected chi connectivity index (χ2v) is 3.23. The summed E-state index contributed by atoms with van der Waals surface area (Å²) in [4.78, 5) is 0. The quantitative estimate of drug-likeness (QED) is 0.578. The van der Waals surface area contributed by atoms with Crippen molar-refractivity contribution >= 4 is 10.8 Å². The fourth-order valence-corrected chi connectivity index (χ4v) is 1.49. The van der Waals surface area contributed by atoms with Crippen LogP contribution in [0.5, 0.6) is 0 Å². The van der Waals surface area contributed by atoms with Gasteiger partial charge in [0.15, 0.2) is 0 Å². The van der Waals surface area contributed by atoms with Gasteiger partial charge in [0, 0.05) is 0 Å². The number of rotatable bonds is 0. The molecule has 0 fully saturated rings. The van der Waals surface area contributed by atoms with Crippen molar-refractivity contribution in [2.75, 3.05) is 0 Å². The van der Waals surface area contributed by atoms with Gasteiger partial charge in [-0.25, -0.2) is 0 Å². The molecule has 64 valence electrons. The lowest BCUT2D eigenvalue weighted by Crippen LogP contribution is -1.88. The maximum Gasteiger partial charge on any atom is -0.000239 e. The van der Waals surface area contributed by atoms with E-state index in [-0.39, 0.29) is 0 Å². The number of benzene rings is 2. The Balaban J connectivity index is 2.94. The molecule has 0 aliphatic heterocycles. The van der Waals surface area contributed by atoms with E-state index in [2.05, 4.69) is 0 Å². The van der Waals surface area contributed by atoms with Crippen molar-refractivity contribution in [2.45, 2.75) is 0 Å². The predicted octanol–water partition coefficient (Wildman–Crippen LogP) is 3.08. The van der Waals surface area contributed by atoms with Gasteiger partial charge in [-0.3, -0.25) is 0 Å². The Kier molecular flexibility index (Phi) is 2.07. The van der Waals surface area contributed by atoms with Crippen LogP contribution in [0.2, 0.25) is 0 Å². The van der Waals surface area contributed by atoms with E-state index in [1.165, 1.54) is 0 Å². The molecular formula is C14H8. The van der Waals surface area contributed by atoms with Crippen LogP contribution in [-0.2, 0) is 0 Å². The first-order chi connectivity index (χ1) is 6.61. The van der Waals surface area contributed by atoms with E-state index in [9.17, 15) is 0 Å².